The first kappa shape index (κ1) is 35.1. The van der Waals surface area contributed by atoms with Crippen molar-refractivity contribution in [3.8, 4) is 17.2 Å². The monoisotopic (exact) mass is 704 g/mol. The van der Waals surface area contributed by atoms with Gasteiger partial charge in [0.15, 0.2) is 0 Å². The Morgan fingerprint density at radius 2 is 1.49 bits per heavy atom. The summed E-state index contributed by atoms with van der Waals surface area (Å²) in [6.07, 6.45) is 4.81. The van der Waals surface area contributed by atoms with Gasteiger partial charge in [-0.2, -0.15) is 4.31 Å². The topological polar surface area (TPSA) is 88.5 Å². The van der Waals surface area contributed by atoms with Gasteiger partial charge in [-0.05, 0) is 121 Å². The van der Waals surface area contributed by atoms with Crippen LogP contribution in [0.4, 0.5) is 5.69 Å². The lowest BCUT2D eigenvalue weighted by molar-refractivity contribution is 0.0946. The van der Waals surface area contributed by atoms with Gasteiger partial charge in [-0.15, -0.1) is 0 Å². The molecule has 49 heavy (non-hydrogen) atoms. The molecule has 0 unspecified atom stereocenters. The molecule has 6 rings (SSSR count). The number of aliphatic hydroxyl groups excluding tert-OH is 1. The zero-order chi connectivity index (χ0) is 34.4. The maximum Gasteiger partial charge on any atom is 0.243 e. The number of hydrogen-bond donors (Lipinski definition) is 1. The van der Waals surface area contributed by atoms with Crippen LogP contribution < -0.4 is 19.1 Å². The fraction of sp³-hybridized carbons (Fsp3) is 0.385. The standard InChI is InChI=1S/C39H45ClN2O6S/c1-46-35-14-6-28(7-15-35)23-42(24-29-8-16-36(47-2)17-9-29)49(44,45)37-18-19-39-38(22-37)41(25-31-10-11-32(31)26-43)20-4-3-5-30-21-34(40)13-12-33(30)27-48-39/h6-9,12-19,21-22,31-32,43H,3-5,10-11,20,23-27H2,1-2H3/t31-,32-/m0/s1. The van der Waals surface area contributed by atoms with E-state index in [1.54, 1.807) is 32.4 Å². The van der Waals surface area contributed by atoms with Crippen molar-refractivity contribution in [1.29, 1.82) is 0 Å². The molecule has 4 aromatic carbocycles. The minimum Gasteiger partial charge on any atom is -0.497 e. The van der Waals surface area contributed by atoms with Crippen LogP contribution in [0.5, 0.6) is 17.2 Å². The minimum atomic E-state index is -3.99. The quantitative estimate of drug-likeness (QED) is 0.173. The summed E-state index contributed by atoms with van der Waals surface area (Å²) in [7, 11) is -0.768. The average molecular weight is 705 g/mol. The molecular weight excluding hydrogens is 660 g/mol. The molecule has 1 aliphatic heterocycles. The van der Waals surface area contributed by atoms with E-state index in [9.17, 15) is 13.5 Å². The number of rotatable bonds is 11. The van der Waals surface area contributed by atoms with E-state index in [2.05, 4.69) is 4.90 Å². The fourth-order valence-corrected chi connectivity index (χ4v) is 8.36. The van der Waals surface area contributed by atoms with E-state index in [4.69, 9.17) is 25.8 Å². The van der Waals surface area contributed by atoms with E-state index in [1.807, 2.05) is 66.7 Å². The van der Waals surface area contributed by atoms with Gasteiger partial charge in [0.25, 0.3) is 0 Å². The number of benzene rings is 4. The van der Waals surface area contributed by atoms with Crippen molar-refractivity contribution in [2.45, 2.75) is 56.7 Å². The van der Waals surface area contributed by atoms with Crippen molar-refractivity contribution in [2.75, 3.05) is 38.8 Å². The smallest absolute Gasteiger partial charge is 0.243 e. The normalized spacial score (nSPS) is 18.0. The van der Waals surface area contributed by atoms with E-state index >= 15 is 0 Å². The number of aryl methyl sites for hydroxylation is 1. The summed E-state index contributed by atoms with van der Waals surface area (Å²) >= 11 is 6.36. The first-order valence-corrected chi connectivity index (χ1v) is 18.7. The van der Waals surface area contributed by atoms with Crippen LogP contribution in [0.15, 0.2) is 89.8 Å². The molecule has 10 heteroatoms. The van der Waals surface area contributed by atoms with Crippen LogP contribution in [-0.4, -0.2) is 51.7 Å². The van der Waals surface area contributed by atoms with Gasteiger partial charge in [0.05, 0.1) is 24.8 Å². The van der Waals surface area contributed by atoms with Crippen molar-refractivity contribution < 1.29 is 27.7 Å². The molecule has 1 fully saturated rings. The fourth-order valence-electron chi connectivity index (χ4n) is 6.72. The van der Waals surface area contributed by atoms with E-state index < -0.39 is 10.0 Å². The van der Waals surface area contributed by atoms with Gasteiger partial charge in [0.2, 0.25) is 10.0 Å². The highest BCUT2D eigenvalue weighted by atomic mass is 35.5. The van der Waals surface area contributed by atoms with Crippen molar-refractivity contribution >= 4 is 27.3 Å². The maximum atomic E-state index is 14.7. The molecule has 0 aromatic heterocycles. The van der Waals surface area contributed by atoms with Gasteiger partial charge in [0.1, 0.15) is 23.9 Å². The lowest BCUT2D eigenvalue weighted by Crippen LogP contribution is -2.40. The molecule has 1 saturated carbocycles. The van der Waals surface area contributed by atoms with Crippen molar-refractivity contribution in [3.05, 3.63) is 112 Å². The molecule has 2 aliphatic rings. The Hall–Kier alpha value is -3.76. The van der Waals surface area contributed by atoms with Crippen molar-refractivity contribution in [3.63, 3.8) is 0 Å². The molecular formula is C39H45ClN2O6S. The third kappa shape index (κ3) is 8.35. The number of methoxy groups -OCH3 is 2. The number of halogens is 1. The zero-order valence-corrected chi connectivity index (χ0v) is 29.8. The summed E-state index contributed by atoms with van der Waals surface area (Å²) in [6, 6.07) is 26.1. The Morgan fingerprint density at radius 1 is 0.837 bits per heavy atom. The molecule has 8 nitrogen and oxygen atoms in total. The molecule has 0 amide bonds. The lowest BCUT2D eigenvalue weighted by Gasteiger charge is -2.40. The van der Waals surface area contributed by atoms with Crippen molar-refractivity contribution in [1.82, 2.24) is 4.31 Å². The number of anilines is 1. The number of fused-ring (bicyclic) bond motifs is 2. The minimum absolute atomic E-state index is 0.165. The van der Waals surface area contributed by atoms with Crippen molar-refractivity contribution in [2.24, 2.45) is 11.8 Å². The third-order valence-corrected chi connectivity index (χ3v) is 11.9. The van der Waals surface area contributed by atoms with Crippen LogP contribution in [0.25, 0.3) is 0 Å². The second-order valence-electron chi connectivity index (χ2n) is 13.0. The SMILES string of the molecule is COc1ccc(CN(Cc2ccc(OC)cc2)S(=O)(=O)c2ccc3c(c2)N(C[C@@H]2CC[C@H]2CO)CCCCc2cc(Cl)ccc2CO3)cc1. The Kier molecular flexibility index (Phi) is 11.3. The molecule has 0 radical (unpaired) electrons. The highest BCUT2D eigenvalue weighted by molar-refractivity contribution is 7.89. The summed E-state index contributed by atoms with van der Waals surface area (Å²) in [5.41, 5.74) is 4.70. The molecule has 0 bridgehead atoms. The maximum absolute atomic E-state index is 14.7. The first-order valence-electron chi connectivity index (χ1n) is 16.9. The molecule has 260 valence electrons. The van der Waals surface area contributed by atoms with E-state index in [0.717, 1.165) is 67.6 Å². The number of ether oxygens (including phenoxy) is 3. The Labute approximate surface area is 295 Å². The van der Waals surface area contributed by atoms with Crippen LogP contribution in [0, 0.1) is 11.8 Å². The summed E-state index contributed by atoms with van der Waals surface area (Å²) < 4.78 is 48.0. The summed E-state index contributed by atoms with van der Waals surface area (Å²) in [4.78, 5) is 2.48. The molecule has 1 N–H and O–H groups in total. The number of sulfonamides is 1. The Morgan fingerprint density at radius 3 is 2.08 bits per heavy atom. The largest absolute Gasteiger partial charge is 0.497 e. The zero-order valence-electron chi connectivity index (χ0n) is 28.2. The van der Waals surface area contributed by atoms with Crippen LogP contribution in [0.1, 0.15) is 47.9 Å². The molecule has 2 atom stereocenters. The predicted molar refractivity (Wildman–Crippen MR) is 193 cm³/mol. The summed E-state index contributed by atoms with van der Waals surface area (Å²) in [5.74, 6) is 2.64. The molecule has 1 aliphatic carbocycles. The molecule has 0 saturated heterocycles. The number of hydrogen-bond acceptors (Lipinski definition) is 7. The van der Waals surface area contributed by atoms with Crippen LogP contribution in [-0.2, 0) is 36.1 Å². The molecule has 0 spiro atoms. The Bertz CT molecular complexity index is 1770. The van der Waals surface area contributed by atoms with Gasteiger partial charge in [0, 0.05) is 37.8 Å². The summed E-state index contributed by atoms with van der Waals surface area (Å²) in [6.45, 7) is 2.34. The lowest BCUT2D eigenvalue weighted by atomic mass is 9.74. The van der Waals surface area contributed by atoms with Gasteiger partial charge >= 0.3 is 0 Å². The van der Waals surface area contributed by atoms with E-state index in [1.165, 1.54) is 9.87 Å². The highest BCUT2D eigenvalue weighted by Gasteiger charge is 2.33. The van der Waals surface area contributed by atoms with Gasteiger partial charge in [-0.3, -0.25) is 0 Å². The van der Waals surface area contributed by atoms with E-state index in [0.29, 0.717) is 34.8 Å². The van der Waals surface area contributed by atoms with Crippen LogP contribution in [0.3, 0.4) is 0 Å². The third-order valence-electron chi connectivity index (χ3n) is 9.88. The highest BCUT2D eigenvalue weighted by Crippen LogP contribution is 2.39. The second-order valence-corrected chi connectivity index (χ2v) is 15.4. The number of nitrogens with zero attached hydrogens (tertiary/aromatic N) is 2. The predicted octanol–water partition coefficient (Wildman–Crippen LogP) is 7.49. The van der Waals surface area contributed by atoms with Crippen LogP contribution in [0.2, 0.25) is 5.02 Å². The van der Waals surface area contributed by atoms with Gasteiger partial charge in [-0.1, -0.05) is 41.9 Å². The number of aliphatic hydroxyl groups is 1. The van der Waals surface area contributed by atoms with Crippen LogP contribution >= 0.6 is 11.6 Å². The Balaban J connectivity index is 1.37. The second kappa shape index (κ2) is 15.9. The van der Waals surface area contributed by atoms with Gasteiger partial charge < -0.3 is 24.2 Å². The molecule has 1 heterocycles. The van der Waals surface area contributed by atoms with E-state index in [-0.39, 0.29) is 30.5 Å². The first-order chi connectivity index (χ1) is 23.8. The van der Waals surface area contributed by atoms with Gasteiger partial charge in [-0.25, -0.2) is 8.42 Å². The average Bonchev–Trinajstić information content (AvgIpc) is 3.13. The summed E-state index contributed by atoms with van der Waals surface area (Å²) in [5, 5.41) is 10.7. The molecule has 4 aromatic rings.